The maximum Gasteiger partial charge on any atom is 0.142 e. The summed E-state index contributed by atoms with van der Waals surface area (Å²) in [6.07, 6.45) is -1.83. The quantitative estimate of drug-likeness (QED) is 0.503. The Morgan fingerprint density at radius 3 is 2.33 bits per heavy atom. The van der Waals surface area contributed by atoms with Gasteiger partial charge in [-0.15, -0.1) is 0 Å². The number of β-amino-alcohol motifs (C(OH)–C–C–N with tert-alkyl or cyclic N) is 1. The van der Waals surface area contributed by atoms with E-state index in [1.165, 1.54) is 0 Å². The highest BCUT2D eigenvalue weighted by atomic mass is 19.1. The number of likely N-dealkylation sites (tertiary alicyclic amines) is 1. The lowest BCUT2D eigenvalue weighted by Gasteiger charge is -2.13. The first kappa shape index (κ1) is 6.96. The summed E-state index contributed by atoms with van der Waals surface area (Å²) in [6.45, 7) is 2.24. The summed E-state index contributed by atoms with van der Waals surface area (Å²) >= 11 is 0. The minimum Gasteiger partial charge on any atom is -0.389 e. The zero-order valence-corrected chi connectivity index (χ0v) is 5.71. The minimum absolute atomic E-state index is 0.125. The Morgan fingerprint density at radius 1 is 1.67 bits per heavy atom. The fraction of sp³-hybridized carbons (Fsp3) is 1.00. The van der Waals surface area contributed by atoms with Gasteiger partial charge in [-0.1, -0.05) is 0 Å². The molecule has 0 aromatic heterocycles. The van der Waals surface area contributed by atoms with Gasteiger partial charge in [0.05, 0.1) is 6.10 Å². The molecule has 0 aromatic carbocycles. The Hall–Kier alpha value is -0.150. The van der Waals surface area contributed by atoms with Crippen molar-refractivity contribution in [3.8, 4) is 0 Å². The van der Waals surface area contributed by atoms with Crippen LogP contribution in [0.1, 0.15) is 6.92 Å². The van der Waals surface area contributed by atoms with Crippen LogP contribution in [0.15, 0.2) is 0 Å². The van der Waals surface area contributed by atoms with Gasteiger partial charge in [0.1, 0.15) is 6.17 Å². The van der Waals surface area contributed by atoms with Gasteiger partial charge >= 0.3 is 0 Å². The number of likely N-dealkylation sites (N-methyl/N-ethyl adjacent to an activating group) is 1. The van der Waals surface area contributed by atoms with E-state index >= 15 is 0 Å². The van der Waals surface area contributed by atoms with Crippen LogP contribution in [0, 0.1) is 0 Å². The molecule has 1 aliphatic heterocycles. The fourth-order valence-corrected chi connectivity index (χ4v) is 1.13. The van der Waals surface area contributed by atoms with Crippen molar-refractivity contribution in [2.45, 2.75) is 25.2 Å². The van der Waals surface area contributed by atoms with E-state index in [9.17, 15) is 4.39 Å². The van der Waals surface area contributed by atoms with E-state index in [0.29, 0.717) is 6.54 Å². The van der Waals surface area contributed by atoms with Crippen LogP contribution in [-0.2, 0) is 0 Å². The van der Waals surface area contributed by atoms with E-state index in [4.69, 9.17) is 5.11 Å². The summed E-state index contributed by atoms with van der Waals surface area (Å²) in [7, 11) is 1.81. The molecule has 3 heteroatoms. The zero-order valence-electron chi connectivity index (χ0n) is 5.71. The van der Waals surface area contributed by atoms with Crippen molar-refractivity contribution in [1.29, 1.82) is 0 Å². The van der Waals surface area contributed by atoms with Crippen molar-refractivity contribution in [3.63, 3.8) is 0 Å². The maximum atomic E-state index is 12.7. The van der Waals surface area contributed by atoms with Gasteiger partial charge in [-0.25, -0.2) is 4.39 Å². The van der Waals surface area contributed by atoms with Gasteiger partial charge in [0, 0.05) is 12.6 Å². The molecule has 0 amide bonds. The molecule has 1 fully saturated rings. The maximum absolute atomic E-state index is 12.7. The van der Waals surface area contributed by atoms with E-state index in [0.717, 1.165) is 0 Å². The molecule has 1 heterocycles. The monoisotopic (exact) mass is 133 g/mol. The van der Waals surface area contributed by atoms with Gasteiger partial charge in [0.25, 0.3) is 0 Å². The molecular weight excluding hydrogens is 121 g/mol. The molecule has 54 valence electrons. The Morgan fingerprint density at radius 2 is 2.22 bits per heavy atom. The average molecular weight is 133 g/mol. The van der Waals surface area contributed by atoms with Gasteiger partial charge < -0.3 is 5.11 Å². The van der Waals surface area contributed by atoms with Crippen LogP contribution in [0.25, 0.3) is 0 Å². The molecule has 0 unspecified atom stereocenters. The highest BCUT2D eigenvalue weighted by Gasteiger charge is 2.35. The molecule has 3 atom stereocenters. The van der Waals surface area contributed by atoms with E-state index in [1.807, 2.05) is 11.9 Å². The highest BCUT2D eigenvalue weighted by Crippen LogP contribution is 2.18. The summed E-state index contributed by atoms with van der Waals surface area (Å²) in [4.78, 5) is 1.81. The van der Waals surface area contributed by atoms with Crippen molar-refractivity contribution < 1.29 is 9.50 Å². The Labute approximate surface area is 54.3 Å². The van der Waals surface area contributed by atoms with E-state index in [2.05, 4.69) is 0 Å². The van der Waals surface area contributed by atoms with Crippen LogP contribution >= 0.6 is 0 Å². The first-order valence-electron chi connectivity index (χ1n) is 3.15. The molecule has 0 spiro atoms. The van der Waals surface area contributed by atoms with Crippen LogP contribution < -0.4 is 0 Å². The molecule has 0 aromatic rings. The van der Waals surface area contributed by atoms with Crippen molar-refractivity contribution in [2.24, 2.45) is 0 Å². The Bertz CT molecular complexity index is 97.2. The summed E-state index contributed by atoms with van der Waals surface area (Å²) in [6, 6.07) is -0.125. The number of nitrogens with zero attached hydrogens (tertiary/aromatic N) is 1. The summed E-state index contributed by atoms with van der Waals surface area (Å²) in [5.74, 6) is 0. The third-order valence-electron chi connectivity index (χ3n) is 2.00. The second-order valence-corrected chi connectivity index (χ2v) is 2.69. The van der Waals surface area contributed by atoms with Crippen molar-refractivity contribution in [3.05, 3.63) is 0 Å². The molecule has 1 aliphatic rings. The number of hydrogen-bond donors (Lipinski definition) is 1. The van der Waals surface area contributed by atoms with Crippen molar-refractivity contribution in [1.82, 2.24) is 4.90 Å². The first-order chi connectivity index (χ1) is 4.13. The van der Waals surface area contributed by atoms with Crippen LogP contribution in [-0.4, -0.2) is 41.9 Å². The topological polar surface area (TPSA) is 23.5 Å². The SMILES string of the molecule is C[C@@H]1[C@H](F)[C@H](O)CN1C. The van der Waals surface area contributed by atoms with Gasteiger partial charge in [-0.3, -0.25) is 4.90 Å². The number of aliphatic hydroxyl groups is 1. The number of alkyl halides is 1. The Kier molecular flexibility index (Phi) is 1.73. The lowest BCUT2D eigenvalue weighted by atomic mass is 10.2. The molecule has 9 heavy (non-hydrogen) atoms. The molecular formula is C6H12FNO. The average Bonchev–Trinajstić information content (AvgIpc) is 1.98. The minimum atomic E-state index is -1.06. The summed E-state index contributed by atoms with van der Waals surface area (Å²) in [5, 5.41) is 8.92. The van der Waals surface area contributed by atoms with Crippen LogP contribution in [0.5, 0.6) is 0 Å². The molecule has 1 rings (SSSR count). The molecule has 0 bridgehead atoms. The van der Waals surface area contributed by atoms with Gasteiger partial charge in [0.2, 0.25) is 0 Å². The van der Waals surface area contributed by atoms with Gasteiger partial charge in [-0.05, 0) is 14.0 Å². The number of halogens is 1. The van der Waals surface area contributed by atoms with Crippen molar-refractivity contribution >= 4 is 0 Å². The summed E-state index contributed by atoms with van der Waals surface area (Å²) < 4.78 is 12.7. The normalized spacial score (nSPS) is 46.0. The fourth-order valence-electron chi connectivity index (χ4n) is 1.13. The predicted molar refractivity (Wildman–Crippen MR) is 33.0 cm³/mol. The number of rotatable bonds is 0. The van der Waals surface area contributed by atoms with Crippen LogP contribution in [0.2, 0.25) is 0 Å². The van der Waals surface area contributed by atoms with Crippen LogP contribution in [0.3, 0.4) is 0 Å². The smallest absolute Gasteiger partial charge is 0.142 e. The third-order valence-corrected chi connectivity index (χ3v) is 2.00. The molecule has 0 saturated carbocycles. The molecule has 1 N–H and O–H groups in total. The van der Waals surface area contributed by atoms with Gasteiger partial charge in [0.15, 0.2) is 0 Å². The predicted octanol–water partition coefficient (Wildman–Crippen LogP) is 0.0193. The van der Waals surface area contributed by atoms with Crippen molar-refractivity contribution in [2.75, 3.05) is 13.6 Å². The number of hydrogen-bond acceptors (Lipinski definition) is 2. The lowest BCUT2D eigenvalue weighted by Crippen LogP contribution is -2.27. The second-order valence-electron chi connectivity index (χ2n) is 2.69. The molecule has 0 radical (unpaired) electrons. The number of aliphatic hydroxyl groups excluding tert-OH is 1. The Balaban J connectivity index is 2.54. The first-order valence-corrected chi connectivity index (χ1v) is 3.15. The standard InChI is InChI=1S/C6H12FNO/c1-4-6(7)5(9)3-8(4)2/h4-6,9H,3H2,1-2H3/t4-,5-,6+/m1/s1. The van der Waals surface area contributed by atoms with E-state index in [-0.39, 0.29) is 6.04 Å². The zero-order chi connectivity index (χ0) is 7.02. The third kappa shape index (κ3) is 1.07. The molecule has 0 aliphatic carbocycles. The lowest BCUT2D eigenvalue weighted by molar-refractivity contribution is 0.107. The highest BCUT2D eigenvalue weighted by molar-refractivity contribution is 4.88. The van der Waals surface area contributed by atoms with E-state index < -0.39 is 12.3 Å². The molecule has 2 nitrogen and oxygen atoms in total. The van der Waals surface area contributed by atoms with Gasteiger partial charge in [-0.2, -0.15) is 0 Å². The largest absolute Gasteiger partial charge is 0.389 e. The van der Waals surface area contributed by atoms with E-state index in [1.54, 1.807) is 6.92 Å². The second kappa shape index (κ2) is 2.23. The molecule has 1 saturated heterocycles. The summed E-state index contributed by atoms with van der Waals surface area (Å²) in [5.41, 5.74) is 0. The van der Waals surface area contributed by atoms with Crippen LogP contribution in [0.4, 0.5) is 4.39 Å².